The molecule has 1 aliphatic heterocycles. The minimum absolute atomic E-state index is 0.182. The predicted octanol–water partition coefficient (Wildman–Crippen LogP) is 1.98. The van der Waals surface area contributed by atoms with Crippen LogP contribution in [0.2, 0.25) is 0 Å². The molecule has 1 aliphatic carbocycles. The van der Waals surface area contributed by atoms with E-state index in [1.807, 2.05) is 18.3 Å². The van der Waals surface area contributed by atoms with Gasteiger partial charge >= 0.3 is 0 Å². The SMILES string of the molecule is Cc1cc2c([nH]1)=C(F)CC(Oc1ncnc(Nc3ccc(N4CCNCC4)cn3)c1C)C=2F. The Morgan fingerprint density at radius 2 is 1.94 bits per heavy atom. The first-order chi connectivity index (χ1) is 16.0. The number of aryl methyl sites for hydroxylation is 1. The van der Waals surface area contributed by atoms with Crippen molar-refractivity contribution in [2.75, 3.05) is 36.4 Å². The first kappa shape index (κ1) is 21.3. The Morgan fingerprint density at radius 3 is 2.70 bits per heavy atom. The van der Waals surface area contributed by atoms with Crippen LogP contribution in [0, 0.1) is 13.8 Å². The molecule has 2 aliphatic rings. The van der Waals surface area contributed by atoms with Gasteiger partial charge in [0, 0.05) is 43.5 Å². The van der Waals surface area contributed by atoms with Crippen LogP contribution in [0.1, 0.15) is 17.7 Å². The molecule has 4 heterocycles. The highest BCUT2D eigenvalue weighted by Crippen LogP contribution is 2.28. The summed E-state index contributed by atoms with van der Waals surface area (Å²) in [6.45, 7) is 7.31. The molecule has 1 saturated heterocycles. The Morgan fingerprint density at radius 1 is 1.12 bits per heavy atom. The number of hydrogen-bond donors (Lipinski definition) is 3. The smallest absolute Gasteiger partial charge is 0.222 e. The van der Waals surface area contributed by atoms with Gasteiger partial charge in [-0.25, -0.2) is 23.7 Å². The van der Waals surface area contributed by atoms with E-state index < -0.39 is 17.8 Å². The number of fused-ring (bicyclic) bond motifs is 1. The maximum atomic E-state index is 15.0. The molecule has 0 radical (unpaired) electrons. The second kappa shape index (κ2) is 8.78. The zero-order chi connectivity index (χ0) is 22.9. The van der Waals surface area contributed by atoms with Gasteiger partial charge in [0.15, 0.2) is 11.9 Å². The molecule has 5 rings (SSSR count). The highest BCUT2D eigenvalue weighted by atomic mass is 19.1. The topological polar surface area (TPSA) is 91.0 Å². The lowest BCUT2D eigenvalue weighted by Gasteiger charge is -2.29. The standard InChI is InChI=1S/C23H25F2N7O/c1-13-9-16-20(25)18(10-17(24)21(16)30-13)33-23-14(2)22(28-12-29-23)31-19-4-3-15(11-27-19)32-7-5-26-6-8-32/h3-4,9,11-12,18,26,30H,5-8,10H2,1-2H3,(H,27,28,29,31). The molecule has 3 aromatic rings. The van der Waals surface area contributed by atoms with Crippen molar-refractivity contribution in [2.45, 2.75) is 26.4 Å². The molecule has 1 unspecified atom stereocenters. The lowest BCUT2D eigenvalue weighted by molar-refractivity contribution is 0.226. The highest BCUT2D eigenvalue weighted by Gasteiger charge is 2.27. The van der Waals surface area contributed by atoms with Gasteiger partial charge in [-0.3, -0.25) is 0 Å². The zero-order valence-electron chi connectivity index (χ0n) is 18.5. The fraction of sp³-hybridized carbons (Fsp3) is 0.348. The summed E-state index contributed by atoms with van der Waals surface area (Å²) in [5, 5.41) is 6.87. The molecular formula is C23H25F2N7O. The summed E-state index contributed by atoms with van der Waals surface area (Å²) in [6, 6.07) is 5.47. The molecule has 0 amide bonds. The number of pyridine rings is 1. The summed E-state index contributed by atoms with van der Waals surface area (Å²) in [5.41, 5.74) is 2.33. The molecule has 1 atom stereocenters. The van der Waals surface area contributed by atoms with Gasteiger partial charge < -0.3 is 25.3 Å². The van der Waals surface area contributed by atoms with E-state index in [4.69, 9.17) is 4.74 Å². The molecule has 8 nitrogen and oxygen atoms in total. The summed E-state index contributed by atoms with van der Waals surface area (Å²) < 4.78 is 35.3. The number of H-pyrrole nitrogens is 1. The molecule has 1 fully saturated rings. The normalized spacial score (nSPS) is 18.3. The van der Waals surface area contributed by atoms with Gasteiger partial charge in [-0.1, -0.05) is 0 Å². The predicted molar refractivity (Wildman–Crippen MR) is 122 cm³/mol. The van der Waals surface area contributed by atoms with Crippen molar-refractivity contribution in [1.29, 1.82) is 0 Å². The average Bonchev–Trinajstić information content (AvgIpc) is 3.23. The third-order valence-electron chi connectivity index (χ3n) is 5.90. The lowest BCUT2D eigenvalue weighted by atomic mass is 10.1. The Kier molecular flexibility index (Phi) is 5.67. The number of aromatic amines is 1. The van der Waals surface area contributed by atoms with Crippen LogP contribution >= 0.6 is 0 Å². The van der Waals surface area contributed by atoms with E-state index in [-0.39, 0.29) is 22.9 Å². The monoisotopic (exact) mass is 453 g/mol. The minimum Gasteiger partial charge on any atom is -0.466 e. The van der Waals surface area contributed by atoms with Crippen LogP contribution in [0.4, 0.5) is 26.1 Å². The van der Waals surface area contributed by atoms with Crippen LogP contribution in [-0.2, 0) is 0 Å². The Labute approximate surface area is 189 Å². The molecule has 0 aromatic carbocycles. The number of hydrogen-bond acceptors (Lipinski definition) is 7. The van der Waals surface area contributed by atoms with Crippen LogP contribution in [0.5, 0.6) is 5.88 Å². The van der Waals surface area contributed by atoms with E-state index in [1.54, 1.807) is 19.9 Å². The van der Waals surface area contributed by atoms with Gasteiger partial charge in [-0.2, -0.15) is 0 Å². The molecular weight excluding hydrogens is 428 g/mol. The van der Waals surface area contributed by atoms with Crippen molar-refractivity contribution in [2.24, 2.45) is 0 Å². The third-order valence-corrected chi connectivity index (χ3v) is 5.90. The van der Waals surface area contributed by atoms with Crippen molar-refractivity contribution < 1.29 is 13.5 Å². The first-order valence-electron chi connectivity index (χ1n) is 10.9. The maximum absolute atomic E-state index is 15.0. The molecule has 172 valence electrons. The van der Waals surface area contributed by atoms with Crippen molar-refractivity contribution in [3.8, 4) is 5.88 Å². The van der Waals surface area contributed by atoms with Gasteiger partial charge in [-0.05, 0) is 32.0 Å². The number of piperazine rings is 1. The van der Waals surface area contributed by atoms with Crippen LogP contribution in [0.3, 0.4) is 0 Å². The lowest BCUT2D eigenvalue weighted by Crippen LogP contribution is -2.43. The summed E-state index contributed by atoms with van der Waals surface area (Å²) in [4.78, 5) is 18.0. The van der Waals surface area contributed by atoms with E-state index in [1.165, 1.54) is 6.33 Å². The Bertz CT molecular complexity index is 1280. The second-order valence-corrected chi connectivity index (χ2v) is 8.22. The van der Waals surface area contributed by atoms with Gasteiger partial charge in [0.25, 0.3) is 0 Å². The quantitative estimate of drug-likeness (QED) is 0.544. The van der Waals surface area contributed by atoms with Gasteiger partial charge in [0.1, 0.15) is 23.8 Å². The molecule has 33 heavy (non-hydrogen) atoms. The number of nitrogens with zero attached hydrogens (tertiary/aromatic N) is 4. The Hall–Kier alpha value is -3.53. The Balaban J connectivity index is 1.34. The zero-order valence-corrected chi connectivity index (χ0v) is 18.5. The molecule has 3 N–H and O–H groups in total. The number of anilines is 3. The van der Waals surface area contributed by atoms with E-state index in [2.05, 4.69) is 35.5 Å². The van der Waals surface area contributed by atoms with Crippen molar-refractivity contribution in [3.63, 3.8) is 0 Å². The second-order valence-electron chi connectivity index (χ2n) is 8.22. The number of rotatable bonds is 5. The van der Waals surface area contributed by atoms with Gasteiger partial charge in [-0.15, -0.1) is 0 Å². The highest BCUT2D eigenvalue weighted by molar-refractivity contribution is 5.60. The number of aromatic nitrogens is 4. The van der Waals surface area contributed by atoms with E-state index in [9.17, 15) is 8.78 Å². The minimum atomic E-state index is -1.09. The van der Waals surface area contributed by atoms with E-state index in [0.29, 0.717) is 22.9 Å². The fourth-order valence-electron chi connectivity index (χ4n) is 4.12. The van der Waals surface area contributed by atoms with Crippen molar-refractivity contribution in [3.05, 3.63) is 52.5 Å². The molecule has 0 spiro atoms. The molecule has 0 saturated carbocycles. The van der Waals surface area contributed by atoms with Gasteiger partial charge in [0.2, 0.25) is 5.88 Å². The van der Waals surface area contributed by atoms with Crippen LogP contribution < -0.4 is 30.8 Å². The van der Waals surface area contributed by atoms with E-state index in [0.717, 1.165) is 31.9 Å². The number of nitrogens with one attached hydrogen (secondary N) is 3. The largest absolute Gasteiger partial charge is 0.466 e. The average molecular weight is 453 g/mol. The third kappa shape index (κ3) is 4.25. The first-order valence-corrected chi connectivity index (χ1v) is 10.9. The molecule has 0 bridgehead atoms. The fourth-order valence-corrected chi connectivity index (χ4v) is 4.12. The van der Waals surface area contributed by atoms with Crippen molar-refractivity contribution in [1.82, 2.24) is 25.3 Å². The number of halogens is 2. The van der Waals surface area contributed by atoms with E-state index >= 15 is 0 Å². The maximum Gasteiger partial charge on any atom is 0.222 e. The summed E-state index contributed by atoms with van der Waals surface area (Å²) in [5.74, 6) is 0.329. The van der Waals surface area contributed by atoms with Crippen molar-refractivity contribution >= 4 is 29.0 Å². The van der Waals surface area contributed by atoms with Crippen LogP contribution in [-0.4, -0.2) is 52.2 Å². The molecule has 3 aromatic heterocycles. The number of ether oxygens (including phenoxy) is 1. The summed E-state index contributed by atoms with van der Waals surface area (Å²) in [6.07, 6.45) is 1.85. The molecule has 10 heteroatoms. The summed E-state index contributed by atoms with van der Waals surface area (Å²) >= 11 is 0. The summed E-state index contributed by atoms with van der Waals surface area (Å²) in [7, 11) is 0. The van der Waals surface area contributed by atoms with Gasteiger partial charge in [0.05, 0.1) is 22.8 Å². The van der Waals surface area contributed by atoms with Crippen LogP contribution in [0.25, 0.3) is 11.7 Å². The van der Waals surface area contributed by atoms with Crippen LogP contribution in [0.15, 0.2) is 30.7 Å².